The zero-order valence-electron chi connectivity index (χ0n) is 12.5. The van der Waals surface area contributed by atoms with Crippen molar-refractivity contribution in [3.8, 4) is 0 Å². The molecule has 7 heteroatoms. The summed E-state index contributed by atoms with van der Waals surface area (Å²) in [6.07, 6.45) is 2.79. The Morgan fingerprint density at radius 3 is 2.81 bits per heavy atom. The molecule has 1 atom stereocenters. The zero-order chi connectivity index (χ0) is 14.5. The van der Waals surface area contributed by atoms with Crippen molar-refractivity contribution in [1.82, 2.24) is 14.7 Å². The third-order valence-corrected chi connectivity index (χ3v) is 7.27. The van der Waals surface area contributed by atoms with Crippen LogP contribution >= 0.6 is 35.7 Å². The van der Waals surface area contributed by atoms with Gasteiger partial charge in [0.15, 0.2) is 0 Å². The van der Waals surface area contributed by atoms with Crippen LogP contribution in [0.2, 0.25) is 0 Å². The number of ether oxygens (including phenoxy) is 1. The maximum absolute atomic E-state index is 5.54. The Hall–Kier alpha value is 0.470. The van der Waals surface area contributed by atoms with Crippen molar-refractivity contribution in [1.29, 1.82) is 0 Å². The predicted octanol–water partition coefficient (Wildman–Crippen LogP) is 1.76. The topological polar surface area (TPSA) is 19.0 Å². The monoisotopic (exact) mass is 347 g/mol. The Kier molecular flexibility index (Phi) is 6.50. The van der Waals surface area contributed by atoms with E-state index in [-0.39, 0.29) is 0 Å². The molecule has 120 valence electrons. The standard InChI is InChI=1S/C14H25N3OS3/c19-14-17(4-3-15-5-7-18-8-6-15)11-16(12-21-14)10-13-2-1-9-20-13/h13H,1-12H2. The molecule has 4 nitrogen and oxygen atoms in total. The smallest absolute Gasteiger partial charge is 0.138 e. The van der Waals surface area contributed by atoms with Crippen molar-refractivity contribution in [3.63, 3.8) is 0 Å². The molecule has 0 bridgehead atoms. The molecule has 1 unspecified atom stereocenters. The second kappa shape index (κ2) is 8.36. The van der Waals surface area contributed by atoms with Crippen LogP contribution in [-0.4, -0.2) is 88.5 Å². The molecule has 3 rings (SSSR count). The van der Waals surface area contributed by atoms with Crippen molar-refractivity contribution in [3.05, 3.63) is 0 Å². The Labute approximate surface area is 141 Å². The number of thioether (sulfide) groups is 2. The second-order valence-corrected chi connectivity index (χ2v) is 8.87. The lowest BCUT2D eigenvalue weighted by molar-refractivity contribution is 0.0345. The zero-order valence-corrected chi connectivity index (χ0v) is 15.0. The van der Waals surface area contributed by atoms with Gasteiger partial charge in [0, 0.05) is 38.0 Å². The maximum Gasteiger partial charge on any atom is 0.138 e. The molecule has 0 spiro atoms. The summed E-state index contributed by atoms with van der Waals surface area (Å²) < 4.78 is 6.49. The van der Waals surface area contributed by atoms with E-state index in [9.17, 15) is 0 Å². The summed E-state index contributed by atoms with van der Waals surface area (Å²) >= 11 is 9.53. The summed E-state index contributed by atoms with van der Waals surface area (Å²) in [6, 6.07) is 0. The molecule has 0 radical (unpaired) electrons. The van der Waals surface area contributed by atoms with Crippen LogP contribution in [0.5, 0.6) is 0 Å². The molecule has 21 heavy (non-hydrogen) atoms. The maximum atomic E-state index is 5.54. The summed E-state index contributed by atoms with van der Waals surface area (Å²) in [5.41, 5.74) is 0. The second-order valence-electron chi connectivity index (χ2n) is 5.89. The Balaban J connectivity index is 1.42. The van der Waals surface area contributed by atoms with Gasteiger partial charge < -0.3 is 9.64 Å². The van der Waals surface area contributed by atoms with Gasteiger partial charge in [-0.2, -0.15) is 11.8 Å². The average Bonchev–Trinajstić information content (AvgIpc) is 3.02. The molecule has 0 aromatic carbocycles. The number of thiocarbonyl (C=S) groups is 1. The van der Waals surface area contributed by atoms with Crippen LogP contribution in [0.4, 0.5) is 0 Å². The molecule has 0 amide bonds. The van der Waals surface area contributed by atoms with Gasteiger partial charge in [-0.3, -0.25) is 9.80 Å². The van der Waals surface area contributed by atoms with Gasteiger partial charge in [-0.05, 0) is 18.6 Å². The first-order valence-electron chi connectivity index (χ1n) is 7.87. The van der Waals surface area contributed by atoms with Crippen LogP contribution in [0, 0.1) is 0 Å². The van der Waals surface area contributed by atoms with Crippen molar-refractivity contribution in [2.75, 3.05) is 64.2 Å². The van der Waals surface area contributed by atoms with Crippen LogP contribution in [0.1, 0.15) is 12.8 Å². The van der Waals surface area contributed by atoms with Crippen LogP contribution in [0.3, 0.4) is 0 Å². The lowest BCUT2D eigenvalue weighted by Gasteiger charge is -2.39. The third kappa shape index (κ3) is 4.97. The van der Waals surface area contributed by atoms with E-state index in [4.69, 9.17) is 17.0 Å². The van der Waals surface area contributed by atoms with Crippen molar-refractivity contribution in [2.45, 2.75) is 18.1 Å². The molecule has 3 fully saturated rings. The highest BCUT2D eigenvalue weighted by Crippen LogP contribution is 2.28. The van der Waals surface area contributed by atoms with Gasteiger partial charge >= 0.3 is 0 Å². The van der Waals surface area contributed by atoms with E-state index in [1.54, 1.807) is 0 Å². The predicted molar refractivity (Wildman–Crippen MR) is 96.1 cm³/mol. The molecule has 0 aromatic rings. The minimum Gasteiger partial charge on any atom is -0.379 e. The quantitative estimate of drug-likeness (QED) is 0.697. The van der Waals surface area contributed by atoms with Gasteiger partial charge in [0.05, 0.1) is 25.8 Å². The first-order valence-corrected chi connectivity index (χ1v) is 10.3. The van der Waals surface area contributed by atoms with Crippen LogP contribution in [-0.2, 0) is 4.74 Å². The van der Waals surface area contributed by atoms with Crippen molar-refractivity contribution >= 4 is 40.1 Å². The van der Waals surface area contributed by atoms with Gasteiger partial charge in [0.25, 0.3) is 0 Å². The van der Waals surface area contributed by atoms with E-state index in [2.05, 4.69) is 26.5 Å². The van der Waals surface area contributed by atoms with Gasteiger partial charge in [0.1, 0.15) is 4.32 Å². The van der Waals surface area contributed by atoms with E-state index in [0.29, 0.717) is 0 Å². The van der Waals surface area contributed by atoms with E-state index in [1.807, 2.05) is 11.8 Å². The van der Waals surface area contributed by atoms with Gasteiger partial charge in [0.2, 0.25) is 0 Å². The van der Waals surface area contributed by atoms with Crippen LogP contribution in [0.25, 0.3) is 0 Å². The largest absolute Gasteiger partial charge is 0.379 e. The minimum atomic E-state index is 0.846. The van der Waals surface area contributed by atoms with Crippen molar-refractivity contribution < 1.29 is 4.74 Å². The summed E-state index contributed by atoms with van der Waals surface area (Å²) in [5, 5.41) is 0.846. The first-order chi connectivity index (χ1) is 10.3. The normalized spacial score (nSPS) is 29.2. The van der Waals surface area contributed by atoms with E-state index >= 15 is 0 Å². The molecule has 0 saturated carbocycles. The highest BCUT2D eigenvalue weighted by molar-refractivity contribution is 8.22. The fraction of sp³-hybridized carbons (Fsp3) is 0.929. The van der Waals surface area contributed by atoms with Crippen LogP contribution < -0.4 is 0 Å². The summed E-state index contributed by atoms with van der Waals surface area (Å²) in [6.45, 7) is 8.30. The Morgan fingerprint density at radius 1 is 1.19 bits per heavy atom. The summed E-state index contributed by atoms with van der Waals surface area (Å²) in [5.74, 6) is 2.43. The van der Waals surface area contributed by atoms with E-state index < -0.39 is 0 Å². The fourth-order valence-corrected chi connectivity index (χ4v) is 5.45. The molecule has 3 aliphatic heterocycles. The SMILES string of the molecule is S=C1SCN(CC2CCCS2)CN1CCN1CCOCC1. The van der Waals surface area contributed by atoms with Crippen LogP contribution in [0.15, 0.2) is 0 Å². The lowest BCUT2D eigenvalue weighted by Crippen LogP contribution is -2.49. The average molecular weight is 348 g/mol. The molecule has 0 N–H and O–H groups in total. The summed E-state index contributed by atoms with van der Waals surface area (Å²) in [7, 11) is 0. The third-order valence-electron chi connectivity index (χ3n) is 4.28. The van der Waals surface area contributed by atoms with Gasteiger partial charge in [-0.1, -0.05) is 24.0 Å². The van der Waals surface area contributed by atoms with E-state index in [1.165, 1.54) is 25.1 Å². The number of hydrogen-bond donors (Lipinski definition) is 0. The molecule has 3 saturated heterocycles. The highest BCUT2D eigenvalue weighted by Gasteiger charge is 2.26. The highest BCUT2D eigenvalue weighted by atomic mass is 32.2. The Morgan fingerprint density at radius 2 is 2.05 bits per heavy atom. The number of hydrogen-bond acceptors (Lipinski definition) is 6. The molecule has 0 aromatic heterocycles. The molecular formula is C14H25N3OS3. The van der Waals surface area contributed by atoms with E-state index in [0.717, 1.165) is 61.5 Å². The minimum absolute atomic E-state index is 0.846. The molecule has 3 heterocycles. The molecular weight excluding hydrogens is 322 g/mol. The number of rotatable bonds is 5. The van der Waals surface area contributed by atoms with Crippen molar-refractivity contribution in [2.24, 2.45) is 0 Å². The molecule has 0 aliphatic carbocycles. The van der Waals surface area contributed by atoms with Gasteiger partial charge in [-0.15, -0.1) is 0 Å². The number of morpholine rings is 1. The first kappa shape index (κ1) is 16.3. The van der Waals surface area contributed by atoms with Gasteiger partial charge in [-0.25, -0.2) is 0 Å². The molecule has 3 aliphatic rings. The summed E-state index contributed by atoms with van der Waals surface area (Å²) in [4.78, 5) is 7.45. The Bertz CT molecular complexity index is 346. The number of nitrogens with zero attached hydrogens (tertiary/aromatic N) is 3. The lowest BCUT2D eigenvalue weighted by atomic mass is 10.2. The fourth-order valence-electron chi connectivity index (χ4n) is 3.01.